The summed E-state index contributed by atoms with van der Waals surface area (Å²) in [6.07, 6.45) is 6.43. The molecule has 0 aliphatic heterocycles. The SMILES string of the molecule is O=C(Nc1ccc(C23CC4CCC2CCC(C4)C3)cc1)c1cccnc1Nc1cccc(C(F)(F)F)c1. The Morgan fingerprint density at radius 1 is 0.892 bits per heavy atom. The highest BCUT2D eigenvalue weighted by atomic mass is 19.4. The van der Waals surface area contributed by atoms with Crippen LogP contribution in [-0.2, 0) is 11.6 Å². The van der Waals surface area contributed by atoms with Crippen LogP contribution in [0.4, 0.5) is 30.4 Å². The van der Waals surface area contributed by atoms with Gasteiger partial charge < -0.3 is 10.6 Å². The number of hydrogen-bond acceptors (Lipinski definition) is 3. The van der Waals surface area contributed by atoms with E-state index in [0.29, 0.717) is 5.69 Å². The number of pyridine rings is 1. The number of hydrogen-bond donors (Lipinski definition) is 2. The maximum Gasteiger partial charge on any atom is 0.416 e. The molecule has 0 spiro atoms. The lowest BCUT2D eigenvalue weighted by atomic mass is 9.47. The molecule has 37 heavy (non-hydrogen) atoms. The molecule has 3 aromatic rings. The van der Waals surface area contributed by atoms with Gasteiger partial charge in [0.25, 0.3) is 5.91 Å². The first-order chi connectivity index (χ1) is 17.8. The fraction of sp³-hybridized carbons (Fsp3) is 0.400. The standard InChI is InChI=1S/C30H30F3N3O/c31-30(32,33)23-3-1-4-25(16-23)35-27-26(5-2-14-34-27)28(37)36-24-12-10-22(11-13-24)29-17-19-6-8-21(29)9-7-20(15-19)18-29/h1-5,10-14,16,19-21H,6-9,15,17-18H2,(H,34,35)(H,36,37). The lowest BCUT2D eigenvalue weighted by molar-refractivity contribution is -0.137. The molecule has 0 saturated heterocycles. The lowest BCUT2D eigenvalue weighted by Gasteiger charge is -2.57. The number of amides is 1. The summed E-state index contributed by atoms with van der Waals surface area (Å²) in [6.45, 7) is 0. The average Bonchev–Trinajstić information content (AvgIpc) is 2.88. The first-order valence-electron chi connectivity index (χ1n) is 13.1. The van der Waals surface area contributed by atoms with Gasteiger partial charge in [-0.1, -0.05) is 31.0 Å². The Balaban J connectivity index is 1.19. The molecule has 0 radical (unpaired) electrons. The van der Waals surface area contributed by atoms with E-state index in [1.54, 1.807) is 12.1 Å². The Kier molecular flexibility index (Phi) is 5.97. The largest absolute Gasteiger partial charge is 0.416 e. The summed E-state index contributed by atoms with van der Waals surface area (Å²) < 4.78 is 39.3. The summed E-state index contributed by atoms with van der Waals surface area (Å²) in [5, 5.41) is 5.81. The Labute approximate surface area is 214 Å². The van der Waals surface area contributed by atoms with Crippen molar-refractivity contribution in [2.75, 3.05) is 10.6 Å². The van der Waals surface area contributed by atoms with E-state index >= 15 is 0 Å². The van der Waals surface area contributed by atoms with E-state index in [1.165, 1.54) is 68.8 Å². The molecule has 2 unspecified atom stereocenters. The molecule has 1 heterocycles. The molecule has 2 N–H and O–H groups in total. The number of benzene rings is 2. The van der Waals surface area contributed by atoms with Crippen molar-refractivity contribution in [1.29, 1.82) is 0 Å². The van der Waals surface area contributed by atoms with E-state index in [2.05, 4.69) is 27.8 Å². The van der Waals surface area contributed by atoms with E-state index < -0.39 is 11.7 Å². The Morgan fingerprint density at radius 2 is 1.62 bits per heavy atom. The molecule has 7 heteroatoms. The maximum atomic E-state index is 13.1. The summed E-state index contributed by atoms with van der Waals surface area (Å²) in [5.74, 6) is 2.29. The predicted octanol–water partition coefficient (Wildman–Crippen LogP) is 7.95. The van der Waals surface area contributed by atoms with Gasteiger partial charge in [0, 0.05) is 17.6 Å². The Morgan fingerprint density at radius 3 is 2.32 bits per heavy atom. The van der Waals surface area contributed by atoms with Crippen molar-refractivity contribution in [1.82, 2.24) is 4.98 Å². The Bertz CT molecular complexity index is 1290. The summed E-state index contributed by atoms with van der Waals surface area (Å²) in [7, 11) is 0. The van der Waals surface area contributed by atoms with E-state index in [0.717, 1.165) is 29.9 Å². The molecule has 1 amide bonds. The van der Waals surface area contributed by atoms with Crippen molar-refractivity contribution in [2.45, 2.75) is 56.5 Å². The third-order valence-electron chi connectivity index (χ3n) is 8.82. The number of nitrogens with zero attached hydrogens (tertiary/aromatic N) is 1. The normalized spacial score (nSPS) is 26.5. The first-order valence-corrected chi connectivity index (χ1v) is 13.1. The van der Waals surface area contributed by atoms with Gasteiger partial charge in [-0.05, 0) is 103 Å². The van der Waals surface area contributed by atoms with Crippen molar-refractivity contribution < 1.29 is 18.0 Å². The average molecular weight is 506 g/mol. The second kappa shape index (κ2) is 9.19. The molecule has 2 atom stereocenters. The van der Waals surface area contributed by atoms with E-state index in [1.807, 2.05) is 12.1 Å². The number of alkyl halides is 3. The Hall–Kier alpha value is -3.35. The molecule has 6 rings (SSSR count). The van der Waals surface area contributed by atoms with Crippen LogP contribution >= 0.6 is 0 Å². The van der Waals surface area contributed by atoms with Crippen LogP contribution in [0.5, 0.6) is 0 Å². The van der Waals surface area contributed by atoms with Gasteiger partial charge in [-0.3, -0.25) is 4.79 Å². The molecular weight excluding hydrogens is 475 g/mol. The minimum absolute atomic E-state index is 0.196. The minimum atomic E-state index is -4.45. The van der Waals surface area contributed by atoms with Crippen LogP contribution in [0.1, 0.15) is 66.4 Å². The highest BCUT2D eigenvalue weighted by molar-refractivity contribution is 6.07. The van der Waals surface area contributed by atoms with Gasteiger partial charge >= 0.3 is 6.18 Å². The molecule has 3 aliphatic rings. The topological polar surface area (TPSA) is 54.0 Å². The summed E-state index contributed by atoms with van der Waals surface area (Å²) >= 11 is 0. The minimum Gasteiger partial charge on any atom is -0.340 e. The van der Waals surface area contributed by atoms with Crippen LogP contribution in [0.15, 0.2) is 66.9 Å². The van der Waals surface area contributed by atoms with Crippen molar-refractivity contribution in [3.05, 3.63) is 83.6 Å². The van der Waals surface area contributed by atoms with Crippen molar-refractivity contribution >= 4 is 23.1 Å². The van der Waals surface area contributed by atoms with Gasteiger partial charge in [-0.2, -0.15) is 13.2 Å². The zero-order chi connectivity index (χ0) is 25.6. The van der Waals surface area contributed by atoms with Crippen LogP contribution in [0.2, 0.25) is 0 Å². The fourth-order valence-electron chi connectivity index (χ4n) is 7.25. The highest BCUT2D eigenvalue weighted by Gasteiger charge is 2.52. The van der Waals surface area contributed by atoms with Gasteiger partial charge in [0.2, 0.25) is 0 Å². The number of nitrogens with one attached hydrogen (secondary N) is 2. The first kappa shape index (κ1) is 24.0. The number of carbonyl (C=O) groups is 1. The van der Waals surface area contributed by atoms with Crippen molar-refractivity contribution in [2.24, 2.45) is 17.8 Å². The fourth-order valence-corrected chi connectivity index (χ4v) is 7.25. The monoisotopic (exact) mass is 505 g/mol. The second-order valence-electron chi connectivity index (χ2n) is 11.0. The number of carbonyl (C=O) groups excluding carboxylic acids is 1. The van der Waals surface area contributed by atoms with E-state index in [4.69, 9.17) is 0 Å². The lowest BCUT2D eigenvalue weighted by Crippen LogP contribution is -2.49. The third kappa shape index (κ3) is 4.60. The van der Waals surface area contributed by atoms with Gasteiger partial charge in [0.15, 0.2) is 0 Å². The van der Waals surface area contributed by atoms with Crippen LogP contribution in [0.25, 0.3) is 0 Å². The van der Waals surface area contributed by atoms with Gasteiger partial charge in [-0.15, -0.1) is 0 Å². The number of halogens is 3. The third-order valence-corrected chi connectivity index (χ3v) is 8.82. The number of anilines is 3. The molecular formula is C30H30F3N3O. The van der Waals surface area contributed by atoms with Gasteiger partial charge in [0.1, 0.15) is 5.82 Å². The summed E-state index contributed by atoms with van der Waals surface area (Å²) in [6, 6.07) is 16.4. The van der Waals surface area contributed by atoms with Gasteiger partial charge in [-0.25, -0.2) is 4.98 Å². The zero-order valence-electron chi connectivity index (χ0n) is 20.5. The molecule has 2 aromatic carbocycles. The maximum absolute atomic E-state index is 13.1. The zero-order valence-corrected chi connectivity index (χ0v) is 20.5. The van der Waals surface area contributed by atoms with Crippen molar-refractivity contribution in [3.8, 4) is 0 Å². The quantitative estimate of drug-likeness (QED) is 0.370. The molecule has 192 valence electrons. The molecule has 3 aliphatic carbocycles. The number of aromatic nitrogens is 1. The number of fused-ring (bicyclic) bond motifs is 2. The molecule has 1 aromatic heterocycles. The van der Waals surface area contributed by atoms with Gasteiger partial charge in [0.05, 0.1) is 11.1 Å². The molecule has 4 nitrogen and oxygen atoms in total. The predicted molar refractivity (Wildman–Crippen MR) is 138 cm³/mol. The van der Waals surface area contributed by atoms with Crippen LogP contribution in [0, 0.1) is 17.8 Å². The molecule has 3 saturated carbocycles. The van der Waals surface area contributed by atoms with Crippen LogP contribution in [-0.4, -0.2) is 10.9 Å². The number of rotatable bonds is 5. The van der Waals surface area contributed by atoms with Crippen molar-refractivity contribution in [3.63, 3.8) is 0 Å². The molecule has 3 bridgehead atoms. The smallest absolute Gasteiger partial charge is 0.340 e. The molecule has 3 fully saturated rings. The van der Waals surface area contributed by atoms with E-state index in [9.17, 15) is 18.0 Å². The summed E-state index contributed by atoms with van der Waals surface area (Å²) in [5.41, 5.74) is 2.07. The van der Waals surface area contributed by atoms with Crippen LogP contribution in [0.3, 0.4) is 0 Å². The summed E-state index contributed by atoms with van der Waals surface area (Å²) in [4.78, 5) is 17.3. The van der Waals surface area contributed by atoms with E-state index in [-0.39, 0.29) is 28.4 Å². The second-order valence-corrected chi connectivity index (χ2v) is 11.0. The van der Waals surface area contributed by atoms with Crippen LogP contribution < -0.4 is 10.6 Å². The highest BCUT2D eigenvalue weighted by Crippen LogP contribution is 2.60.